The van der Waals surface area contributed by atoms with E-state index in [0.29, 0.717) is 12.5 Å². The van der Waals surface area contributed by atoms with E-state index in [9.17, 15) is 14.5 Å². The summed E-state index contributed by atoms with van der Waals surface area (Å²) < 4.78 is 19.1. The molecule has 31 heavy (non-hydrogen) atoms. The van der Waals surface area contributed by atoms with E-state index in [1.807, 2.05) is 24.1 Å². The normalized spacial score (nSPS) is 14.3. The molecule has 0 amide bonds. The van der Waals surface area contributed by atoms with Gasteiger partial charge in [-0.3, -0.25) is 15.1 Å². The number of methoxy groups -OCH3 is 1. The van der Waals surface area contributed by atoms with Crippen molar-refractivity contribution in [1.29, 1.82) is 0 Å². The average Bonchev–Trinajstić information content (AvgIpc) is 2.99. The highest BCUT2D eigenvalue weighted by atomic mass is 19.1. The minimum Gasteiger partial charge on any atom is -0.494 e. The predicted octanol–water partition coefficient (Wildman–Crippen LogP) is 3.80. The first-order valence-electron chi connectivity index (χ1n) is 9.42. The van der Waals surface area contributed by atoms with Gasteiger partial charge in [0, 0.05) is 30.3 Å². The fraction of sp³-hybridized carbons (Fsp3) is 0.300. The number of ether oxygens (including phenoxy) is 1. The molecule has 10 nitrogen and oxygen atoms in total. The molecule has 0 unspecified atom stereocenters. The zero-order valence-corrected chi connectivity index (χ0v) is 17.4. The highest BCUT2D eigenvalue weighted by Crippen LogP contribution is 2.42. The number of nitro benzene ring substituents is 1. The van der Waals surface area contributed by atoms with Crippen LogP contribution in [0.3, 0.4) is 0 Å². The van der Waals surface area contributed by atoms with E-state index in [-0.39, 0.29) is 22.8 Å². The van der Waals surface area contributed by atoms with E-state index < -0.39 is 16.4 Å². The molecule has 0 aliphatic carbocycles. The van der Waals surface area contributed by atoms with Crippen LogP contribution in [0.25, 0.3) is 0 Å². The molecule has 3 heterocycles. The first-order valence-corrected chi connectivity index (χ1v) is 9.42. The third-order valence-electron chi connectivity index (χ3n) is 5.00. The van der Waals surface area contributed by atoms with Gasteiger partial charge in [0.15, 0.2) is 0 Å². The van der Waals surface area contributed by atoms with Crippen LogP contribution in [0.15, 0.2) is 30.7 Å². The third kappa shape index (κ3) is 3.69. The Morgan fingerprint density at radius 1 is 1.26 bits per heavy atom. The van der Waals surface area contributed by atoms with Crippen LogP contribution >= 0.6 is 0 Å². The van der Waals surface area contributed by atoms with Crippen molar-refractivity contribution in [2.24, 2.45) is 0 Å². The van der Waals surface area contributed by atoms with Crippen LogP contribution in [0, 0.1) is 22.9 Å². The van der Waals surface area contributed by atoms with Crippen LogP contribution in [0.1, 0.15) is 25.1 Å². The van der Waals surface area contributed by atoms with Crippen LogP contribution < -0.4 is 15.0 Å². The molecule has 4 rings (SSSR count). The van der Waals surface area contributed by atoms with Gasteiger partial charge in [-0.05, 0) is 18.6 Å². The molecule has 0 radical (unpaired) electrons. The maximum atomic E-state index is 13.9. The number of nitrogens with zero attached hydrogens (tertiary/aromatic N) is 6. The Morgan fingerprint density at radius 2 is 2.03 bits per heavy atom. The van der Waals surface area contributed by atoms with Gasteiger partial charge in [0.25, 0.3) is 0 Å². The quantitative estimate of drug-likeness (QED) is 0.481. The lowest BCUT2D eigenvalue weighted by molar-refractivity contribution is -0.387. The van der Waals surface area contributed by atoms with Gasteiger partial charge >= 0.3 is 5.69 Å². The number of hydrogen-bond acceptors (Lipinski definition) is 9. The van der Waals surface area contributed by atoms with E-state index in [1.165, 1.54) is 13.4 Å². The summed E-state index contributed by atoms with van der Waals surface area (Å²) in [5.74, 6) is -0.386. The van der Waals surface area contributed by atoms with Gasteiger partial charge in [-0.25, -0.2) is 9.97 Å². The van der Waals surface area contributed by atoms with Crippen molar-refractivity contribution in [3.05, 3.63) is 57.9 Å². The third-order valence-corrected chi connectivity index (χ3v) is 5.00. The number of aromatic nitrogens is 4. The van der Waals surface area contributed by atoms with Crippen molar-refractivity contribution in [3.63, 3.8) is 0 Å². The van der Waals surface area contributed by atoms with Gasteiger partial charge < -0.3 is 15.0 Å². The maximum Gasteiger partial charge on any atom is 0.307 e. The first-order chi connectivity index (χ1) is 14.7. The molecule has 11 heteroatoms. The van der Waals surface area contributed by atoms with Crippen molar-refractivity contribution in [3.8, 4) is 5.75 Å². The zero-order chi connectivity index (χ0) is 22.3. The van der Waals surface area contributed by atoms with Crippen molar-refractivity contribution < 1.29 is 14.1 Å². The largest absolute Gasteiger partial charge is 0.494 e. The van der Waals surface area contributed by atoms with Crippen molar-refractivity contribution >= 4 is 29.0 Å². The van der Waals surface area contributed by atoms with Crippen LogP contribution in [-0.4, -0.2) is 38.5 Å². The Morgan fingerprint density at radius 3 is 2.74 bits per heavy atom. The van der Waals surface area contributed by atoms with Crippen LogP contribution in [0.2, 0.25) is 0 Å². The second-order valence-corrected chi connectivity index (χ2v) is 7.85. The Labute approximate surface area is 177 Å². The minimum absolute atomic E-state index is 0.0811. The fourth-order valence-corrected chi connectivity index (χ4v) is 3.56. The monoisotopic (exact) mass is 425 g/mol. The van der Waals surface area contributed by atoms with E-state index in [4.69, 9.17) is 4.74 Å². The molecule has 2 aromatic heterocycles. The number of benzene rings is 1. The summed E-state index contributed by atoms with van der Waals surface area (Å²) in [4.78, 5) is 29.7. The van der Waals surface area contributed by atoms with Crippen molar-refractivity contribution in [1.82, 2.24) is 19.9 Å². The number of anilines is 4. The molecular weight excluding hydrogens is 405 g/mol. The fourth-order valence-electron chi connectivity index (χ4n) is 3.56. The summed E-state index contributed by atoms with van der Waals surface area (Å²) in [6, 6.07) is 4.01. The maximum absolute atomic E-state index is 13.9. The number of rotatable bonds is 5. The Kier molecular flexibility index (Phi) is 4.88. The van der Waals surface area contributed by atoms with Crippen molar-refractivity contribution in [2.45, 2.75) is 26.2 Å². The number of nitrogens with one attached hydrogen (secondary N) is 1. The summed E-state index contributed by atoms with van der Waals surface area (Å²) in [6.45, 7) is 6.77. The number of fused-ring (bicyclic) bond motifs is 1. The van der Waals surface area contributed by atoms with E-state index in [1.54, 1.807) is 0 Å². The van der Waals surface area contributed by atoms with Gasteiger partial charge in [-0.1, -0.05) is 13.8 Å². The lowest BCUT2D eigenvalue weighted by atomic mass is 9.91. The SMILES string of the molecule is COc1cc(F)c([N+](=O)[O-])cc1Nc1ncnc(N2CC(C)(C)c3ncc(C)cc32)n1. The molecule has 0 bridgehead atoms. The minimum atomic E-state index is -0.998. The van der Waals surface area contributed by atoms with E-state index >= 15 is 0 Å². The molecule has 3 aromatic rings. The summed E-state index contributed by atoms with van der Waals surface area (Å²) in [5, 5.41) is 14.0. The Hall–Kier alpha value is -3.89. The van der Waals surface area contributed by atoms with Gasteiger partial charge in [0.2, 0.25) is 17.7 Å². The molecule has 0 saturated heterocycles. The van der Waals surface area contributed by atoms with Crippen LogP contribution in [-0.2, 0) is 5.41 Å². The van der Waals surface area contributed by atoms with Crippen LogP contribution in [0.5, 0.6) is 5.75 Å². The second kappa shape index (κ2) is 7.42. The average molecular weight is 425 g/mol. The van der Waals surface area contributed by atoms with Crippen molar-refractivity contribution in [2.75, 3.05) is 23.9 Å². The molecule has 0 fully saturated rings. The smallest absolute Gasteiger partial charge is 0.307 e. The molecule has 160 valence electrons. The number of hydrogen-bond donors (Lipinski definition) is 1. The highest BCUT2D eigenvalue weighted by Gasteiger charge is 2.38. The van der Waals surface area contributed by atoms with E-state index in [0.717, 1.165) is 29.1 Å². The Balaban J connectivity index is 1.71. The summed E-state index contributed by atoms with van der Waals surface area (Å²) >= 11 is 0. The number of halogens is 1. The lowest BCUT2D eigenvalue weighted by Gasteiger charge is -2.20. The zero-order valence-electron chi connectivity index (χ0n) is 17.4. The summed E-state index contributed by atoms with van der Waals surface area (Å²) in [5.41, 5.74) is 2.14. The topological polar surface area (TPSA) is 119 Å². The van der Waals surface area contributed by atoms with Crippen LogP contribution in [0.4, 0.5) is 33.3 Å². The van der Waals surface area contributed by atoms with E-state index in [2.05, 4.69) is 39.1 Å². The highest BCUT2D eigenvalue weighted by molar-refractivity contribution is 5.70. The van der Waals surface area contributed by atoms with Gasteiger partial charge in [0.05, 0.1) is 29.1 Å². The Bertz CT molecular complexity index is 1190. The molecular formula is C20H20FN7O3. The molecule has 1 aromatic carbocycles. The number of nitro groups is 1. The van der Waals surface area contributed by atoms with Gasteiger partial charge in [-0.2, -0.15) is 9.37 Å². The van der Waals surface area contributed by atoms with Gasteiger partial charge in [0.1, 0.15) is 12.1 Å². The predicted molar refractivity (Wildman–Crippen MR) is 112 cm³/mol. The molecule has 1 aliphatic rings. The standard InChI is InChI=1S/C20H20FN7O3/c1-11-5-15-17(22-8-11)20(2,3)9-27(15)19-24-10-23-18(26-19)25-13-7-14(28(29)30)12(21)6-16(13)31-4/h5-8,10H,9H2,1-4H3,(H,23,24,25,26). The first kappa shape index (κ1) is 20.4. The molecule has 0 atom stereocenters. The lowest BCUT2D eigenvalue weighted by Crippen LogP contribution is -2.26. The molecule has 1 aliphatic heterocycles. The molecule has 1 N–H and O–H groups in total. The summed E-state index contributed by atoms with van der Waals surface area (Å²) in [6.07, 6.45) is 3.17. The molecule has 0 spiro atoms. The van der Waals surface area contributed by atoms with Gasteiger partial charge in [-0.15, -0.1) is 0 Å². The second-order valence-electron chi connectivity index (χ2n) is 7.85. The number of pyridine rings is 1. The summed E-state index contributed by atoms with van der Waals surface area (Å²) in [7, 11) is 1.34. The molecule has 0 saturated carbocycles. The number of aryl methyl sites for hydroxylation is 1.